The van der Waals surface area contributed by atoms with E-state index in [0.29, 0.717) is 0 Å². The summed E-state index contributed by atoms with van der Waals surface area (Å²) in [4.78, 5) is 0. The number of rotatable bonds is 15. The normalized spacial score (nSPS) is 13.0. The van der Waals surface area contributed by atoms with Crippen molar-refractivity contribution in [1.29, 1.82) is 0 Å². The van der Waals surface area contributed by atoms with Gasteiger partial charge in [-0.25, -0.2) is 0 Å². The molecule has 0 saturated carbocycles. The zero-order chi connectivity index (χ0) is 19.3. The third kappa shape index (κ3) is 10.9. The predicted octanol–water partition coefficient (Wildman–Crippen LogP) is 4.31. The first-order valence-electron chi connectivity index (χ1n) is 9.72. The Morgan fingerprint density at radius 3 is 2.19 bits per heavy atom. The standard InChI is InChI=1S/C20H34O5S/c1-2-3-4-5-6-7-8-9-18-10-12-19(13-11-18)20(25-16-15-21)14-17-26(22,23)24/h10-13,20-21H,2-9,14-17H2,1H3,(H,22,23,24). The summed E-state index contributed by atoms with van der Waals surface area (Å²) in [5.41, 5.74) is 2.13. The summed E-state index contributed by atoms with van der Waals surface area (Å²) in [7, 11) is -4.03. The van der Waals surface area contributed by atoms with E-state index in [1.165, 1.54) is 50.5 Å². The van der Waals surface area contributed by atoms with E-state index >= 15 is 0 Å². The summed E-state index contributed by atoms with van der Waals surface area (Å²) in [6.07, 6.45) is 9.76. The number of ether oxygens (including phenoxy) is 1. The lowest BCUT2D eigenvalue weighted by molar-refractivity contribution is 0.0260. The lowest BCUT2D eigenvalue weighted by Crippen LogP contribution is -2.13. The molecule has 0 saturated heterocycles. The summed E-state index contributed by atoms with van der Waals surface area (Å²) < 4.78 is 36.4. The lowest BCUT2D eigenvalue weighted by Gasteiger charge is -2.17. The number of aliphatic hydroxyl groups excluding tert-OH is 1. The van der Waals surface area contributed by atoms with Gasteiger partial charge >= 0.3 is 0 Å². The van der Waals surface area contributed by atoms with Crippen LogP contribution in [0.25, 0.3) is 0 Å². The van der Waals surface area contributed by atoms with Gasteiger partial charge in [0.2, 0.25) is 0 Å². The van der Waals surface area contributed by atoms with Crippen LogP contribution in [0.4, 0.5) is 0 Å². The van der Waals surface area contributed by atoms with E-state index < -0.39 is 16.2 Å². The van der Waals surface area contributed by atoms with E-state index in [-0.39, 0.29) is 25.4 Å². The average molecular weight is 387 g/mol. The van der Waals surface area contributed by atoms with E-state index in [4.69, 9.17) is 14.4 Å². The first-order chi connectivity index (χ1) is 12.5. The Kier molecular flexibility index (Phi) is 11.8. The Bertz CT molecular complexity index is 568. The molecule has 26 heavy (non-hydrogen) atoms. The monoisotopic (exact) mass is 386 g/mol. The second-order valence-electron chi connectivity index (χ2n) is 6.77. The van der Waals surface area contributed by atoms with Crippen LogP contribution in [-0.4, -0.2) is 37.0 Å². The minimum atomic E-state index is -4.03. The Morgan fingerprint density at radius 2 is 1.62 bits per heavy atom. The highest BCUT2D eigenvalue weighted by Crippen LogP contribution is 2.23. The Labute approximate surface area is 158 Å². The van der Waals surface area contributed by atoms with Crippen molar-refractivity contribution < 1.29 is 22.8 Å². The molecule has 1 aromatic rings. The largest absolute Gasteiger partial charge is 0.394 e. The van der Waals surface area contributed by atoms with E-state index in [1.54, 1.807) is 0 Å². The van der Waals surface area contributed by atoms with Crippen LogP contribution < -0.4 is 0 Å². The van der Waals surface area contributed by atoms with Crippen LogP contribution in [0.3, 0.4) is 0 Å². The number of aryl methyl sites for hydroxylation is 1. The van der Waals surface area contributed by atoms with Crippen molar-refractivity contribution in [3.63, 3.8) is 0 Å². The second-order valence-corrected chi connectivity index (χ2v) is 8.34. The molecule has 0 fully saturated rings. The van der Waals surface area contributed by atoms with Gasteiger partial charge in [-0.15, -0.1) is 0 Å². The van der Waals surface area contributed by atoms with Gasteiger partial charge in [0, 0.05) is 0 Å². The highest BCUT2D eigenvalue weighted by molar-refractivity contribution is 7.85. The molecule has 0 spiro atoms. The summed E-state index contributed by atoms with van der Waals surface area (Å²) in [5, 5.41) is 8.93. The van der Waals surface area contributed by atoms with Crippen LogP contribution in [0, 0.1) is 0 Å². The molecule has 0 aliphatic rings. The van der Waals surface area contributed by atoms with Gasteiger partial charge in [-0.1, -0.05) is 69.7 Å². The highest BCUT2D eigenvalue weighted by atomic mass is 32.2. The molecule has 1 rings (SSSR count). The maximum Gasteiger partial charge on any atom is 0.264 e. The van der Waals surface area contributed by atoms with Crippen LogP contribution in [-0.2, 0) is 21.3 Å². The van der Waals surface area contributed by atoms with Gasteiger partial charge in [-0.05, 0) is 30.4 Å². The number of hydrogen-bond donors (Lipinski definition) is 2. The molecule has 1 atom stereocenters. The maximum atomic E-state index is 11.0. The Hall–Kier alpha value is -0.950. The van der Waals surface area contributed by atoms with Crippen molar-refractivity contribution in [3.8, 4) is 0 Å². The molecule has 150 valence electrons. The number of hydrogen-bond acceptors (Lipinski definition) is 4. The van der Waals surface area contributed by atoms with Crippen LogP contribution >= 0.6 is 0 Å². The van der Waals surface area contributed by atoms with Crippen molar-refractivity contribution >= 4 is 10.1 Å². The minimum Gasteiger partial charge on any atom is -0.394 e. The number of unbranched alkanes of at least 4 members (excludes halogenated alkanes) is 6. The Balaban J connectivity index is 2.45. The fraction of sp³-hybridized carbons (Fsp3) is 0.700. The van der Waals surface area contributed by atoms with E-state index in [2.05, 4.69) is 19.1 Å². The topological polar surface area (TPSA) is 83.8 Å². The fourth-order valence-electron chi connectivity index (χ4n) is 2.98. The quantitative estimate of drug-likeness (QED) is 0.347. The molecule has 1 unspecified atom stereocenters. The molecule has 1 aromatic carbocycles. The smallest absolute Gasteiger partial charge is 0.264 e. The molecule has 6 heteroatoms. The molecule has 2 N–H and O–H groups in total. The van der Waals surface area contributed by atoms with Crippen LogP contribution in [0.15, 0.2) is 24.3 Å². The summed E-state index contributed by atoms with van der Waals surface area (Å²) >= 11 is 0. The molecular weight excluding hydrogens is 352 g/mol. The number of benzene rings is 1. The van der Waals surface area contributed by atoms with Crippen molar-refractivity contribution in [2.45, 2.75) is 70.8 Å². The average Bonchev–Trinajstić information content (AvgIpc) is 2.61. The van der Waals surface area contributed by atoms with Gasteiger partial charge in [0.05, 0.1) is 25.1 Å². The van der Waals surface area contributed by atoms with Crippen LogP contribution in [0.2, 0.25) is 0 Å². The van der Waals surface area contributed by atoms with Crippen molar-refractivity contribution in [1.82, 2.24) is 0 Å². The van der Waals surface area contributed by atoms with Crippen molar-refractivity contribution in [2.75, 3.05) is 19.0 Å². The first kappa shape index (κ1) is 23.1. The molecule has 0 aliphatic heterocycles. The molecule has 0 aliphatic carbocycles. The van der Waals surface area contributed by atoms with E-state index in [0.717, 1.165) is 12.0 Å². The molecular formula is C20H34O5S. The highest BCUT2D eigenvalue weighted by Gasteiger charge is 2.16. The third-order valence-electron chi connectivity index (χ3n) is 4.47. The summed E-state index contributed by atoms with van der Waals surface area (Å²) in [5.74, 6) is -0.358. The van der Waals surface area contributed by atoms with E-state index in [9.17, 15) is 8.42 Å². The summed E-state index contributed by atoms with van der Waals surface area (Å²) in [6.45, 7) is 2.24. The first-order valence-corrected chi connectivity index (χ1v) is 11.3. The van der Waals surface area contributed by atoms with Gasteiger partial charge in [0.1, 0.15) is 0 Å². The van der Waals surface area contributed by atoms with Gasteiger partial charge in [0.15, 0.2) is 0 Å². The minimum absolute atomic E-state index is 0.126. The second kappa shape index (κ2) is 13.3. The molecule has 0 bridgehead atoms. The van der Waals surface area contributed by atoms with Gasteiger partial charge in [-0.2, -0.15) is 8.42 Å². The van der Waals surface area contributed by atoms with Crippen molar-refractivity contribution in [2.24, 2.45) is 0 Å². The molecule has 5 nitrogen and oxygen atoms in total. The van der Waals surface area contributed by atoms with Crippen LogP contribution in [0.1, 0.15) is 75.5 Å². The molecule has 0 aromatic heterocycles. The molecule has 0 amide bonds. The van der Waals surface area contributed by atoms with Gasteiger partial charge in [-0.3, -0.25) is 4.55 Å². The Morgan fingerprint density at radius 1 is 1.00 bits per heavy atom. The summed E-state index contributed by atoms with van der Waals surface area (Å²) in [6, 6.07) is 8.00. The third-order valence-corrected chi connectivity index (χ3v) is 5.22. The van der Waals surface area contributed by atoms with E-state index in [1.807, 2.05) is 12.1 Å². The number of aliphatic hydroxyl groups is 1. The van der Waals surface area contributed by atoms with Crippen molar-refractivity contribution in [3.05, 3.63) is 35.4 Å². The van der Waals surface area contributed by atoms with Gasteiger partial charge < -0.3 is 9.84 Å². The lowest BCUT2D eigenvalue weighted by atomic mass is 10.0. The molecule has 0 radical (unpaired) electrons. The van der Waals surface area contributed by atoms with Gasteiger partial charge in [0.25, 0.3) is 10.1 Å². The molecule has 0 heterocycles. The zero-order valence-corrected chi connectivity index (χ0v) is 16.7. The van der Waals surface area contributed by atoms with Crippen LogP contribution in [0.5, 0.6) is 0 Å². The predicted molar refractivity (Wildman–Crippen MR) is 105 cm³/mol. The maximum absolute atomic E-state index is 11.0. The zero-order valence-electron chi connectivity index (χ0n) is 15.9. The SMILES string of the molecule is CCCCCCCCCc1ccc(C(CCS(=O)(=O)O)OCCO)cc1. The fourth-order valence-corrected chi connectivity index (χ4v) is 3.49.